The fraction of sp³-hybridized carbons (Fsp3) is 0.300. The third-order valence-corrected chi connectivity index (χ3v) is 4.37. The monoisotopic (exact) mass is 345 g/mol. The van der Waals surface area contributed by atoms with E-state index in [2.05, 4.69) is 59.9 Å². The minimum absolute atomic E-state index is 0. The Morgan fingerprint density at radius 2 is 1.62 bits per heavy atom. The summed E-state index contributed by atoms with van der Waals surface area (Å²) in [6.45, 7) is 3.16. The Morgan fingerprint density at radius 1 is 1.00 bits per heavy atom. The molecule has 2 N–H and O–H groups in total. The standard InChI is InChI=1S/C20H23NO2.ClH/c1-20(13-22,14-23-2)21-12-16-11-15-7-3-4-8-17(15)19-10-6-5-9-18(16)19;/h3-11,21-22H,12-14H2,1-2H3;1H. The van der Waals surface area contributed by atoms with Crippen LogP contribution >= 0.6 is 12.4 Å². The van der Waals surface area contributed by atoms with Gasteiger partial charge in [0.25, 0.3) is 0 Å². The highest BCUT2D eigenvalue weighted by atomic mass is 35.5. The van der Waals surface area contributed by atoms with E-state index in [0.29, 0.717) is 13.2 Å². The quantitative estimate of drug-likeness (QED) is 0.666. The minimum Gasteiger partial charge on any atom is -0.394 e. The van der Waals surface area contributed by atoms with Gasteiger partial charge in [0, 0.05) is 13.7 Å². The second kappa shape index (κ2) is 7.95. The van der Waals surface area contributed by atoms with E-state index in [-0.39, 0.29) is 19.0 Å². The van der Waals surface area contributed by atoms with Crippen LogP contribution in [-0.2, 0) is 11.3 Å². The summed E-state index contributed by atoms with van der Waals surface area (Å²) in [5, 5.41) is 18.1. The molecule has 0 saturated heterocycles. The maximum Gasteiger partial charge on any atom is 0.0664 e. The van der Waals surface area contributed by atoms with Crippen LogP contribution in [-0.4, -0.2) is 31.0 Å². The van der Waals surface area contributed by atoms with Gasteiger partial charge in [0.2, 0.25) is 0 Å². The third-order valence-electron chi connectivity index (χ3n) is 4.37. The number of aliphatic hydroxyl groups excluding tert-OH is 1. The molecule has 3 nitrogen and oxygen atoms in total. The van der Waals surface area contributed by atoms with Crippen molar-refractivity contribution in [1.82, 2.24) is 5.32 Å². The van der Waals surface area contributed by atoms with Crippen molar-refractivity contribution in [2.45, 2.75) is 19.0 Å². The van der Waals surface area contributed by atoms with E-state index < -0.39 is 5.54 Å². The fourth-order valence-electron chi connectivity index (χ4n) is 3.06. The van der Waals surface area contributed by atoms with E-state index in [1.807, 2.05) is 6.92 Å². The lowest BCUT2D eigenvalue weighted by Gasteiger charge is -2.28. The van der Waals surface area contributed by atoms with Crippen molar-refractivity contribution in [1.29, 1.82) is 0 Å². The molecule has 0 spiro atoms. The first-order valence-corrected chi connectivity index (χ1v) is 7.91. The van der Waals surface area contributed by atoms with Crippen molar-refractivity contribution >= 4 is 34.0 Å². The van der Waals surface area contributed by atoms with E-state index in [9.17, 15) is 5.11 Å². The van der Waals surface area contributed by atoms with Gasteiger partial charge in [-0.15, -0.1) is 12.4 Å². The Balaban J connectivity index is 0.00000208. The molecule has 0 radical (unpaired) electrons. The first-order chi connectivity index (χ1) is 11.2. The summed E-state index contributed by atoms with van der Waals surface area (Å²) in [6.07, 6.45) is 0. The van der Waals surface area contributed by atoms with Crippen LogP contribution in [0, 0.1) is 0 Å². The number of halogens is 1. The first-order valence-electron chi connectivity index (χ1n) is 7.91. The molecule has 3 aromatic carbocycles. The van der Waals surface area contributed by atoms with Crippen molar-refractivity contribution in [2.75, 3.05) is 20.3 Å². The van der Waals surface area contributed by atoms with Crippen LogP contribution in [0.15, 0.2) is 54.6 Å². The number of benzene rings is 3. The number of ether oxygens (including phenoxy) is 1. The average molecular weight is 346 g/mol. The van der Waals surface area contributed by atoms with Gasteiger partial charge in [-0.2, -0.15) is 0 Å². The van der Waals surface area contributed by atoms with Gasteiger partial charge in [0.05, 0.1) is 18.8 Å². The van der Waals surface area contributed by atoms with Crippen molar-refractivity contribution in [3.8, 4) is 0 Å². The molecule has 3 rings (SSSR count). The van der Waals surface area contributed by atoms with Crippen molar-refractivity contribution in [3.63, 3.8) is 0 Å². The summed E-state index contributed by atoms with van der Waals surface area (Å²) >= 11 is 0. The van der Waals surface area contributed by atoms with Gasteiger partial charge < -0.3 is 15.2 Å². The molecule has 24 heavy (non-hydrogen) atoms. The largest absolute Gasteiger partial charge is 0.394 e. The van der Waals surface area contributed by atoms with Gasteiger partial charge >= 0.3 is 0 Å². The zero-order chi connectivity index (χ0) is 16.3. The average Bonchev–Trinajstić information content (AvgIpc) is 2.60. The molecule has 0 amide bonds. The number of hydrogen-bond acceptors (Lipinski definition) is 3. The highest BCUT2D eigenvalue weighted by Gasteiger charge is 2.22. The van der Waals surface area contributed by atoms with Crippen molar-refractivity contribution in [2.24, 2.45) is 0 Å². The summed E-state index contributed by atoms with van der Waals surface area (Å²) in [4.78, 5) is 0. The highest BCUT2D eigenvalue weighted by Crippen LogP contribution is 2.28. The van der Waals surface area contributed by atoms with Crippen LogP contribution in [0.4, 0.5) is 0 Å². The van der Waals surface area contributed by atoms with Crippen molar-refractivity contribution in [3.05, 3.63) is 60.2 Å². The molecule has 3 aromatic rings. The smallest absolute Gasteiger partial charge is 0.0664 e. The van der Waals surface area contributed by atoms with Crippen LogP contribution in [0.25, 0.3) is 21.5 Å². The number of hydrogen-bond donors (Lipinski definition) is 2. The molecule has 0 aliphatic carbocycles. The van der Waals surface area contributed by atoms with Gasteiger partial charge in [-0.3, -0.25) is 0 Å². The molecule has 4 heteroatoms. The summed E-state index contributed by atoms with van der Waals surface area (Å²) < 4.78 is 5.22. The second-order valence-corrected chi connectivity index (χ2v) is 6.31. The van der Waals surface area contributed by atoms with Crippen LogP contribution in [0.5, 0.6) is 0 Å². The van der Waals surface area contributed by atoms with Crippen LogP contribution in [0.1, 0.15) is 12.5 Å². The van der Waals surface area contributed by atoms with Gasteiger partial charge in [-0.25, -0.2) is 0 Å². The molecule has 0 fully saturated rings. The minimum atomic E-state index is -0.443. The van der Waals surface area contributed by atoms with E-state index in [0.717, 1.165) is 0 Å². The molecule has 1 atom stereocenters. The number of nitrogens with one attached hydrogen (secondary N) is 1. The van der Waals surface area contributed by atoms with Crippen LogP contribution < -0.4 is 5.32 Å². The number of aliphatic hydroxyl groups is 1. The molecule has 0 bridgehead atoms. The van der Waals surface area contributed by atoms with Gasteiger partial charge in [-0.05, 0) is 40.1 Å². The molecule has 0 aliphatic heterocycles. The van der Waals surface area contributed by atoms with Crippen LogP contribution in [0.2, 0.25) is 0 Å². The molecule has 128 valence electrons. The van der Waals surface area contributed by atoms with E-state index in [4.69, 9.17) is 4.74 Å². The Kier molecular flexibility index (Phi) is 6.19. The van der Waals surface area contributed by atoms with Crippen molar-refractivity contribution < 1.29 is 9.84 Å². The molecule has 1 unspecified atom stereocenters. The summed E-state index contributed by atoms with van der Waals surface area (Å²) in [5.74, 6) is 0. The zero-order valence-electron chi connectivity index (χ0n) is 14.1. The number of fused-ring (bicyclic) bond motifs is 3. The first kappa shape index (κ1) is 18.7. The second-order valence-electron chi connectivity index (χ2n) is 6.31. The Labute approximate surface area is 149 Å². The number of methoxy groups -OCH3 is 1. The fourth-order valence-corrected chi connectivity index (χ4v) is 3.06. The summed E-state index contributed by atoms with van der Waals surface area (Å²) in [7, 11) is 1.65. The lowest BCUT2D eigenvalue weighted by molar-refractivity contribution is 0.0723. The SMILES string of the molecule is COCC(C)(CO)NCc1cc2ccccc2c2ccccc12.Cl. The Morgan fingerprint density at radius 3 is 2.29 bits per heavy atom. The summed E-state index contributed by atoms with van der Waals surface area (Å²) in [6, 6.07) is 19.2. The maximum absolute atomic E-state index is 9.64. The molecular formula is C20H24ClNO2. The van der Waals surface area contributed by atoms with E-state index in [1.54, 1.807) is 7.11 Å². The topological polar surface area (TPSA) is 41.5 Å². The lowest BCUT2D eigenvalue weighted by atomic mass is 9.96. The predicted octanol–water partition coefficient (Wildman–Crippen LogP) is 3.90. The lowest BCUT2D eigenvalue weighted by Crippen LogP contribution is -2.49. The predicted molar refractivity (Wildman–Crippen MR) is 103 cm³/mol. The third kappa shape index (κ3) is 3.70. The van der Waals surface area contributed by atoms with E-state index in [1.165, 1.54) is 27.1 Å². The van der Waals surface area contributed by atoms with Gasteiger partial charge in [0.1, 0.15) is 0 Å². The molecule has 0 aromatic heterocycles. The molecule has 0 heterocycles. The molecular weight excluding hydrogens is 322 g/mol. The highest BCUT2D eigenvalue weighted by molar-refractivity contribution is 6.08. The molecule has 0 aliphatic rings. The zero-order valence-corrected chi connectivity index (χ0v) is 14.9. The Hall–Kier alpha value is -1.65. The van der Waals surface area contributed by atoms with Gasteiger partial charge in [0.15, 0.2) is 0 Å². The van der Waals surface area contributed by atoms with Gasteiger partial charge in [-0.1, -0.05) is 48.5 Å². The maximum atomic E-state index is 9.64. The normalized spacial score (nSPS) is 13.6. The van der Waals surface area contributed by atoms with Crippen LogP contribution in [0.3, 0.4) is 0 Å². The number of rotatable bonds is 6. The Bertz CT molecular complexity index is 821. The molecule has 0 saturated carbocycles. The summed E-state index contributed by atoms with van der Waals surface area (Å²) in [5.41, 5.74) is 0.789. The van der Waals surface area contributed by atoms with E-state index >= 15 is 0 Å².